The lowest BCUT2D eigenvalue weighted by Gasteiger charge is -2.32. The molecule has 1 saturated heterocycles. The van der Waals surface area contributed by atoms with E-state index in [2.05, 4.69) is 55.1 Å². The Bertz CT molecular complexity index is 495. The molecule has 96 valence electrons. The SMILES string of the molecule is C=C1C[C@@H](c2ccccc2)O[C@@H](c2ccccc2)C1. The summed E-state index contributed by atoms with van der Waals surface area (Å²) in [6.07, 6.45) is 2.11. The van der Waals surface area contributed by atoms with Crippen molar-refractivity contribution in [2.75, 3.05) is 0 Å². The van der Waals surface area contributed by atoms with Gasteiger partial charge in [0.1, 0.15) is 0 Å². The fourth-order valence-corrected chi connectivity index (χ4v) is 2.63. The Morgan fingerprint density at radius 2 is 1.16 bits per heavy atom. The second kappa shape index (κ2) is 5.41. The topological polar surface area (TPSA) is 9.23 Å². The van der Waals surface area contributed by atoms with Crippen LogP contribution in [0.4, 0.5) is 0 Å². The van der Waals surface area contributed by atoms with E-state index in [0.717, 1.165) is 12.8 Å². The molecular weight excluding hydrogens is 232 g/mol. The molecule has 0 spiro atoms. The predicted molar refractivity (Wildman–Crippen MR) is 77.8 cm³/mol. The van der Waals surface area contributed by atoms with E-state index in [-0.39, 0.29) is 12.2 Å². The maximum Gasteiger partial charge on any atom is 0.0870 e. The van der Waals surface area contributed by atoms with Gasteiger partial charge >= 0.3 is 0 Å². The van der Waals surface area contributed by atoms with Crippen LogP contribution in [0.1, 0.15) is 36.2 Å². The van der Waals surface area contributed by atoms with Crippen molar-refractivity contribution < 1.29 is 4.74 Å². The zero-order chi connectivity index (χ0) is 13.1. The molecule has 2 atom stereocenters. The minimum Gasteiger partial charge on any atom is -0.365 e. The molecule has 0 N–H and O–H groups in total. The van der Waals surface area contributed by atoms with Gasteiger partial charge in [0.2, 0.25) is 0 Å². The van der Waals surface area contributed by atoms with E-state index < -0.39 is 0 Å². The molecule has 2 aromatic carbocycles. The van der Waals surface area contributed by atoms with Gasteiger partial charge in [-0.2, -0.15) is 0 Å². The highest BCUT2D eigenvalue weighted by atomic mass is 16.5. The fraction of sp³-hybridized carbons (Fsp3) is 0.222. The summed E-state index contributed by atoms with van der Waals surface area (Å²) in [5, 5.41) is 0. The van der Waals surface area contributed by atoms with Crippen molar-refractivity contribution in [2.24, 2.45) is 0 Å². The van der Waals surface area contributed by atoms with Crippen LogP contribution in [-0.2, 0) is 4.74 Å². The third kappa shape index (κ3) is 2.77. The molecule has 1 aliphatic rings. The third-order valence-electron chi connectivity index (χ3n) is 3.62. The Hall–Kier alpha value is -1.86. The smallest absolute Gasteiger partial charge is 0.0870 e. The molecule has 0 unspecified atom stereocenters. The fourth-order valence-electron chi connectivity index (χ4n) is 2.63. The molecule has 1 heterocycles. The molecular formula is C18H18O. The van der Waals surface area contributed by atoms with Crippen molar-refractivity contribution in [3.05, 3.63) is 83.9 Å². The van der Waals surface area contributed by atoms with Gasteiger partial charge in [-0.3, -0.25) is 0 Å². The highest BCUT2D eigenvalue weighted by Gasteiger charge is 2.26. The van der Waals surface area contributed by atoms with Gasteiger partial charge in [-0.1, -0.05) is 72.8 Å². The average molecular weight is 250 g/mol. The molecule has 0 radical (unpaired) electrons. The summed E-state index contributed by atoms with van der Waals surface area (Å²) in [6.45, 7) is 4.19. The van der Waals surface area contributed by atoms with Crippen LogP contribution in [0.5, 0.6) is 0 Å². The van der Waals surface area contributed by atoms with Crippen LogP contribution in [0.15, 0.2) is 72.8 Å². The molecule has 0 aromatic heterocycles. The average Bonchev–Trinajstić information content (AvgIpc) is 2.48. The van der Waals surface area contributed by atoms with Crippen LogP contribution in [0.25, 0.3) is 0 Å². The summed E-state index contributed by atoms with van der Waals surface area (Å²) >= 11 is 0. The number of ether oxygens (including phenoxy) is 1. The lowest BCUT2D eigenvalue weighted by atomic mass is 9.92. The van der Waals surface area contributed by atoms with E-state index in [0.29, 0.717) is 0 Å². The van der Waals surface area contributed by atoms with Gasteiger partial charge in [-0.05, 0) is 24.0 Å². The van der Waals surface area contributed by atoms with Gasteiger partial charge in [0.05, 0.1) is 12.2 Å². The van der Waals surface area contributed by atoms with Gasteiger partial charge < -0.3 is 4.74 Å². The van der Waals surface area contributed by atoms with Crippen LogP contribution in [0, 0.1) is 0 Å². The molecule has 1 heteroatoms. The molecule has 0 aliphatic carbocycles. The molecule has 19 heavy (non-hydrogen) atoms. The lowest BCUT2D eigenvalue weighted by Crippen LogP contribution is -2.17. The highest BCUT2D eigenvalue weighted by molar-refractivity contribution is 5.25. The second-order valence-corrected chi connectivity index (χ2v) is 5.09. The molecule has 2 aromatic rings. The number of hydrogen-bond acceptors (Lipinski definition) is 1. The van der Waals surface area contributed by atoms with Crippen molar-refractivity contribution in [1.29, 1.82) is 0 Å². The number of benzene rings is 2. The second-order valence-electron chi connectivity index (χ2n) is 5.09. The molecule has 0 saturated carbocycles. The Kier molecular flexibility index (Phi) is 3.47. The first-order chi connectivity index (χ1) is 9.33. The summed E-state index contributed by atoms with van der Waals surface area (Å²) in [7, 11) is 0. The standard InChI is InChI=1S/C18H18O/c1-14-12-17(15-8-4-2-5-9-15)19-18(13-14)16-10-6-3-7-11-16/h2-11,17-18H,1,12-13H2/t17-,18+. The van der Waals surface area contributed by atoms with E-state index in [4.69, 9.17) is 4.74 Å². The van der Waals surface area contributed by atoms with Crippen LogP contribution < -0.4 is 0 Å². The third-order valence-corrected chi connectivity index (χ3v) is 3.62. The highest BCUT2D eigenvalue weighted by Crippen LogP contribution is 2.40. The Balaban J connectivity index is 1.84. The van der Waals surface area contributed by atoms with Crippen molar-refractivity contribution in [3.63, 3.8) is 0 Å². The van der Waals surface area contributed by atoms with Crippen molar-refractivity contribution in [1.82, 2.24) is 0 Å². The minimum atomic E-state index is 0.132. The maximum absolute atomic E-state index is 6.27. The van der Waals surface area contributed by atoms with Gasteiger partial charge in [-0.25, -0.2) is 0 Å². The zero-order valence-electron chi connectivity index (χ0n) is 11.0. The van der Waals surface area contributed by atoms with E-state index in [9.17, 15) is 0 Å². The maximum atomic E-state index is 6.27. The number of hydrogen-bond donors (Lipinski definition) is 0. The van der Waals surface area contributed by atoms with Crippen LogP contribution in [0.2, 0.25) is 0 Å². The molecule has 1 nitrogen and oxygen atoms in total. The van der Waals surface area contributed by atoms with E-state index >= 15 is 0 Å². The van der Waals surface area contributed by atoms with Crippen LogP contribution in [0.3, 0.4) is 0 Å². The van der Waals surface area contributed by atoms with Gasteiger partial charge in [0.25, 0.3) is 0 Å². The Morgan fingerprint density at radius 1 is 0.737 bits per heavy atom. The minimum absolute atomic E-state index is 0.132. The largest absolute Gasteiger partial charge is 0.365 e. The summed E-state index contributed by atoms with van der Waals surface area (Å²) in [5.41, 5.74) is 3.75. The van der Waals surface area contributed by atoms with Crippen molar-refractivity contribution in [2.45, 2.75) is 25.0 Å². The van der Waals surface area contributed by atoms with Crippen molar-refractivity contribution >= 4 is 0 Å². The molecule has 1 aliphatic heterocycles. The number of rotatable bonds is 2. The van der Waals surface area contributed by atoms with Gasteiger partial charge in [0.15, 0.2) is 0 Å². The zero-order valence-corrected chi connectivity index (χ0v) is 11.0. The molecule has 1 fully saturated rings. The van der Waals surface area contributed by atoms with Crippen molar-refractivity contribution in [3.8, 4) is 0 Å². The first-order valence-electron chi connectivity index (χ1n) is 6.75. The van der Waals surface area contributed by atoms with Gasteiger partial charge in [-0.15, -0.1) is 0 Å². The predicted octanol–water partition coefficient (Wildman–Crippen LogP) is 4.84. The molecule has 3 rings (SSSR count). The molecule has 0 bridgehead atoms. The summed E-state index contributed by atoms with van der Waals surface area (Å²) in [6, 6.07) is 20.8. The lowest BCUT2D eigenvalue weighted by molar-refractivity contribution is -0.0345. The summed E-state index contributed by atoms with van der Waals surface area (Å²) in [4.78, 5) is 0. The van der Waals surface area contributed by atoms with Crippen LogP contribution in [-0.4, -0.2) is 0 Å². The van der Waals surface area contributed by atoms with E-state index in [1.807, 2.05) is 12.1 Å². The van der Waals surface area contributed by atoms with E-state index in [1.165, 1.54) is 16.7 Å². The van der Waals surface area contributed by atoms with Gasteiger partial charge in [0, 0.05) is 0 Å². The molecule has 0 amide bonds. The Labute approximate surface area is 114 Å². The van der Waals surface area contributed by atoms with Crippen LogP contribution >= 0.6 is 0 Å². The summed E-state index contributed by atoms with van der Waals surface area (Å²) < 4.78 is 6.27. The quantitative estimate of drug-likeness (QED) is 0.693. The Morgan fingerprint density at radius 3 is 1.58 bits per heavy atom. The monoisotopic (exact) mass is 250 g/mol. The van der Waals surface area contributed by atoms with E-state index in [1.54, 1.807) is 0 Å². The summed E-state index contributed by atoms with van der Waals surface area (Å²) in [5.74, 6) is 0. The normalized spacial score (nSPS) is 23.3. The first-order valence-corrected chi connectivity index (χ1v) is 6.75. The first kappa shape index (κ1) is 12.2.